The number of amides is 1. The molecule has 1 rings (SSSR count). The smallest absolute Gasteiger partial charge is 0.241 e. The third-order valence-corrected chi connectivity index (χ3v) is 2.26. The molecule has 0 aliphatic carbocycles. The van der Waals surface area contributed by atoms with Crippen molar-refractivity contribution >= 4 is 17.5 Å². The van der Waals surface area contributed by atoms with Crippen LogP contribution in [0.25, 0.3) is 0 Å². The summed E-state index contributed by atoms with van der Waals surface area (Å²) in [4.78, 5) is 11.4. The molecule has 0 aromatic heterocycles. The van der Waals surface area contributed by atoms with Gasteiger partial charge in [0.2, 0.25) is 5.91 Å². The minimum absolute atomic E-state index is 0.0603. The van der Waals surface area contributed by atoms with E-state index in [0.29, 0.717) is 5.02 Å². The lowest BCUT2D eigenvalue weighted by atomic mass is 10.0. The van der Waals surface area contributed by atoms with Crippen LogP contribution < -0.4 is 10.9 Å². The molecule has 2 N–H and O–H groups in total. The highest BCUT2D eigenvalue weighted by Gasteiger charge is 2.13. The summed E-state index contributed by atoms with van der Waals surface area (Å²) in [5, 5.41) is 0.676. The highest BCUT2D eigenvalue weighted by Crippen LogP contribution is 2.17. The van der Waals surface area contributed by atoms with Crippen molar-refractivity contribution in [3.63, 3.8) is 0 Å². The maximum Gasteiger partial charge on any atom is 0.241 e. The lowest BCUT2D eigenvalue weighted by Gasteiger charge is -2.11. The van der Waals surface area contributed by atoms with Gasteiger partial charge in [-0.2, -0.15) is 0 Å². The van der Waals surface area contributed by atoms with Crippen LogP contribution in [-0.4, -0.2) is 13.0 Å². The first-order valence-corrected chi connectivity index (χ1v) is 4.75. The van der Waals surface area contributed by atoms with Crippen molar-refractivity contribution in [1.29, 1.82) is 0 Å². The molecule has 0 aliphatic rings. The normalized spacial score (nSPS) is 12.2. The summed E-state index contributed by atoms with van der Waals surface area (Å²) in [5.41, 5.74) is 6.09. The Labute approximate surface area is 88.4 Å². The summed E-state index contributed by atoms with van der Waals surface area (Å²) in [6.45, 7) is 1.84. The lowest BCUT2D eigenvalue weighted by Crippen LogP contribution is -2.37. The van der Waals surface area contributed by atoms with Gasteiger partial charge in [0, 0.05) is 12.1 Å². The zero-order valence-electron chi connectivity index (χ0n) is 8.17. The number of carbonyl (C=O) groups is 1. The van der Waals surface area contributed by atoms with Crippen LogP contribution in [0.5, 0.6) is 0 Å². The first-order chi connectivity index (χ1) is 6.65. The van der Waals surface area contributed by atoms with Crippen LogP contribution in [0.4, 0.5) is 0 Å². The van der Waals surface area contributed by atoms with E-state index in [1.807, 2.05) is 19.1 Å². The van der Waals surface area contributed by atoms with Gasteiger partial charge >= 0.3 is 0 Å². The van der Waals surface area contributed by atoms with Crippen molar-refractivity contribution in [1.82, 2.24) is 10.9 Å². The lowest BCUT2D eigenvalue weighted by molar-refractivity contribution is -0.123. The van der Waals surface area contributed by atoms with E-state index in [4.69, 9.17) is 11.6 Å². The van der Waals surface area contributed by atoms with E-state index < -0.39 is 0 Å². The molecule has 0 spiro atoms. The second-order valence-corrected chi connectivity index (χ2v) is 3.45. The van der Waals surface area contributed by atoms with Gasteiger partial charge in [-0.05, 0) is 24.6 Å². The quantitative estimate of drug-likeness (QED) is 0.749. The van der Waals surface area contributed by atoms with Gasteiger partial charge in [-0.3, -0.25) is 10.2 Å². The van der Waals surface area contributed by atoms with E-state index in [1.54, 1.807) is 19.2 Å². The Balaban J connectivity index is 2.73. The molecule has 4 heteroatoms. The van der Waals surface area contributed by atoms with Gasteiger partial charge in [0.05, 0.1) is 5.92 Å². The van der Waals surface area contributed by atoms with Crippen LogP contribution in [0.1, 0.15) is 18.4 Å². The van der Waals surface area contributed by atoms with Gasteiger partial charge in [-0.15, -0.1) is 0 Å². The molecule has 1 amide bonds. The number of nitrogens with one attached hydrogen (secondary N) is 2. The number of rotatable bonds is 3. The maximum absolute atomic E-state index is 11.4. The van der Waals surface area contributed by atoms with Crippen molar-refractivity contribution in [3.05, 3.63) is 34.9 Å². The summed E-state index contributed by atoms with van der Waals surface area (Å²) in [7, 11) is 1.66. The van der Waals surface area contributed by atoms with E-state index in [-0.39, 0.29) is 11.8 Å². The van der Waals surface area contributed by atoms with Crippen LogP contribution in [0.15, 0.2) is 24.3 Å². The third-order valence-electron chi connectivity index (χ3n) is 2.01. The summed E-state index contributed by atoms with van der Waals surface area (Å²) in [5.74, 6) is -0.241. The summed E-state index contributed by atoms with van der Waals surface area (Å²) in [6, 6.07) is 7.25. The number of benzene rings is 1. The summed E-state index contributed by atoms with van der Waals surface area (Å²) >= 11 is 5.74. The molecule has 1 aromatic rings. The zero-order valence-corrected chi connectivity index (χ0v) is 8.93. The Morgan fingerprint density at radius 2 is 1.93 bits per heavy atom. The average Bonchev–Trinajstić information content (AvgIpc) is 2.18. The molecule has 0 saturated carbocycles. The molecule has 1 atom stereocenters. The summed E-state index contributed by atoms with van der Waals surface area (Å²) in [6.07, 6.45) is 0. The fraction of sp³-hybridized carbons (Fsp3) is 0.300. The molecular weight excluding hydrogens is 200 g/mol. The second-order valence-electron chi connectivity index (χ2n) is 3.01. The molecule has 0 fully saturated rings. The van der Waals surface area contributed by atoms with Crippen molar-refractivity contribution in [3.8, 4) is 0 Å². The molecule has 76 valence electrons. The monoisotopic (exact) mass is 212 g/mol. The number of halogens is 1. The van der Waals surface area contributed by atoms with E-state index in [9.17, 15) is 4.79 Å². The first-order valence-electron chi connectivity index (χ1n) is 4.37. The maximum atomic E-state index is 11.4. The molecule has 0 aliphatic heterocycles. The highest BCUT2D eigenvalue weighted by molar-refractivity contribution is 6.30. The second kappa shape index (κ2) is 4.98. The Morgan fingerprint density at radius 1 is 1.36 bits per heavy atom. The van der Waals surface area contributed by atoms with E-state index in [0.717, 1.165) is 5.56 Å². The number of carbonyl (C=O) groups excluding carboxylic acids is 1. The zero-order chi connectivity index (χ0) is 10.6. The minimum Gasteiger partial charge on any atom is -0.291 e. The fourth-order valence-electron chi connectivity index (χ4n) is 1.13. The van der Waals surface area contributed by atoms with E-state index in [2.05, 4.69) is 10.9 Å². The van der Waals surface area contributed by atoms with Crippen molar-refractivity contribution in [2.75, 3.05) is 7.05 Å². The average molecular weight is 213 g/mol. The van der Waals surface area contributed by atoms with Crippen LogP contribution >= 0.6 is 11.6 Å². The van der Waals surface area contributed by atoms with Gasteiger partial charge in [-0.25, -0.2) is 5.43 Å². The number of hydrazine groups is 1. The molecule has 1 unspecified atom stereocenters. The Kier molecular flexibility index (Phi) is 3.92. The van der Waals surface area contributed by atoms with E-state index >= 15 is 0 Å². The van der Waals surface area contributed by atoms with Crippen LogP contribution in [0.2, 0.25) is 5.02 Å². The highest BCUT2D eigenvalue weighted by atomic mass is 35.5. The fourth-order valence-corrected chi connectivity index (χ4v) is 1.26. The largest absolute Gasteiger partial charge is 0.291 e. The van der Waals surface area contributed by atoms with Gasteiger partial charge < -0.3 is 0 Å². The SMILES string of the molecule is CNNC(=O)C(C)c1ccc(Cl)cc1. The number of hydrogen-bond acceptors (Lipinski definition) is 2. The van der Waals surface area contributed by atoms with Crippen molar-refractivity contribution in [2.45, 2.75) is 12.8 Å². The third kappa shape index (κ3) is 2.72. The molecule has 0 bridgehead atoms. The standard InChI is InChI=1S/C10H13ClN2O/c1-7(10(14)13-12-2)8-3-5-9(11)6-4-8/h3-7,12H,1-2H3,(H,13,14). The molecule has 14 heavy (non-hydrogen) atoms. The van der Waals surface area contributed by atoms with Crippen molar-refractivity contribution in [2.24, 2.45) is 0 Å². The van der Waals surface area contributed by atoms with Crippen molar-refractivity contribution < 1.29 is 4.79 Å². The molecule has 1 aromatic carbocycles. The molecule has 0 radical (unpaired) electrons. The van der Waals surface area contributed by atoms with Gasteiger partial charge in [0.25, 0.3) is 0 Å². The Morgan fingerprint density at radius 3 is 2.43 bits per heavy atom. The number of hydrogen-bond donors (Lipinski definition) is 2. The topological polar surface area (TPSA) is 41.1 Å². The van der Waals surface area contributed by atoms with Crippen LogP contribution in [0.3, 0.4) is 0 Å². The van der Waals surface area contributed by atoms with E-state index in [1.165, 1.54) is 0 Å². The predicted octanol–water partition coefficient (Wildman–Crippen LogP) is 1.69. The van der Waals surface area contributed by atoms with Gasteiger partial charge in [-0.1, -0.05) is 23.7 Å². The van der Waals surface area contributed by atoms with Crippen LogP contribution in [-0.2, 0) is 4.79 Å². The molecular formula is C10H13ClN2O. The molecule has 3 nitrogen and oxygen atoms in total. The van der Waals surface area contributed by atoms with Crippen LogP contribution in [0, 0.1) is 0 Å². The summed E-state index contributed by atoms with van der Waals surface area (Å²) < 4.78 is 0. The molecule has 0 heterocycles. The Bertz CT molecular complexity index is 310. The van der Waals surface area contributed by atoms with Gasteiger partial charge in [0.15, 0.2) is 0 Å². The first kappa shape index (κ1) is 11.0. The predicted molar refractivity (Wildman–Crippen MR) is 57.1 cm³/mol. The Hall–Kier alpha value is -1.06. The van der Waals surface area contributed by atoms with Gasteiger partial charge in [0.1, 0.15) is 0 Å². The minimum atomic E-state index is -0.181. The molecule has 0 saturated heterocycles.